The van der Waals surface area contributed by atoms with E-state index in [1.165, 1.54) is 40.8 Å². The van der Waals surface area contributed by atoms with E-state index in [4.69, 9.17) is 0 Å². The van der Waals surface area contributed by atoms with E-state index >= 15 is 0 Å². The van der Waals surface area contributed by atoms with Crippen LogP contribution in [-0.4, -0.2) is 19.0 Å². The predicted molar refractivity (Wildman–Crippen MR) is 97.6 cm³/mol. The molecule has 19 heavy (non-hydrogen) atoms. The normalized spacial score (nSPS) is 16.8. The number of thiophene rings is 1. The molecule has 6 heteroatoms. The summed E-state index contributed by atoms with van der Waals surface area (Å²) in [7, 11) is 1.84. The highest BCUT2D eigenvalue weighted by Gasteiger charge is 2.14. The van der Waals surface area contributed by atoms with Crippen LogP contribution in [0.4, 0.5) is 0 Å². The van der Waals surface area contributed by atoms with Gasteiger partial charge in [0.05, 0.1) is 10.3 Å². The van der Waals surface area contributed by atoms with Gasteiger partial charge in [0.15, 0.2) is 5.96 Å². The van der Waals surface area contributed by atoms with E-state index in [1.807, 2.05) is 7.05 Å². The number of nitrogens with zero attached hydrogens (tertiary/aromatic N) is 1. The van der Waals surface area contributed by atoms with Crippen molar-refractivity contribution in [1.82, 2.24) is 10.6 Å². The van der Waals surface area contributed by atoms with Gasteiger partial charge >= 0.3 is 0 Å². The van der Waals surface area contributed by atoms with Crippen LogP contribution in [0.15, 0.2) is 20.9 Å². The minimum atomic E-state index is 0. The van der Waals surface area contributed by atoms with Gasteiger partial charge in [-0.1, -0.05) is 19.3 Å². The zero-order chi connectivity index (χ0) is 12.8. The lowest BCUT2D eigenvalue weighted by Crippen LogP contribution is -2.43. The molecule has 0 atom stereocenters. The topological polar surface area (TPSA) is 36.4 Å². The Labute approximate surface area is 144 Å². The van der Waals surface area contributed by atoms with E-state index in [1.54, 1.807) is 11.3 Å². The van der Waals surface area contributed by atoms with Crippen LogP contribution < -0.4 is 10.6 Å². The van der Waals surface area contributed by atoms with Gasteiger partial charge in [0.25, 0.3) is 0 Å². The molecule has 0 amide bonds. The van der Waals surface area contributed by atoms with E-state index in [-0.39, 0.29) is 24.0 Å². The number of hydrogen-bond donors (Lipinski definition) is 2. The zero-order valence-electron chi connectivity index (χ0n) is 11.1. The van der Waals surface area contributed by atoms with Gasteiger partial charge < -0.3 is 10.6 Å². The summed E-state index contributed by atoms with van der Waals surface area (Å²) in [6.45, 7) is 0.836. The molecule has 0 aromatic carbocycles. The maximum absolute atomic E-state index is 4.29. The monoisotopic (exact) mass is 457 g/mol. The molecule has 0 radical (unpaired) electrons. The predicted octanol–water partition coefficient (Wildman–Crippen LogP) is 4.13. The van der Waals surface area contributed by atoms with Crippen LogP contribution in [0.1, 0.15) is 37.0 Å². The van der Waals surface area contributed by atoms with Crippen LogP contribution in [-0.2, 0) is 6.54 Å². The van der Waals surface area contributed by atoms with Crippen molar-refractivity contribution in [3.63, 3.8) is 0 Å². The number of guanidine groups is 1. The highest BCUT2D eigenvalue weighted by atomic mass is 127. The first-order chi connectivity index (χ1) is 8.78. The molecule has 1 fully saturated rings. The first kappa shape index (κ1) is 17.2. The SMILES string of the molecule is CN=C(NCc1ccc(Br)s1)NC1CCCCC1.I. The van der Waals surface area contributed by atoms with Gasteiger partial charge in [-0.2, -0.15) is 0 Å². The summed E-state index contributed by atoms with van der Waals surface area (Å²) in [5.74, 6) is 0.923. The first-order valence-electron chi connectivity index (χ1n) is 6.49. The third-order valence-electron chi connectivity index (χ3n) is 3.23. The van der Waals surface area contributed by atoms with Crippen LogP contribution in [0.3, 0.4) is 0 Å². The van der Waals surface area contributed by atoms with E-state index in [0.717, 1.165) is 12.5 Å². The molecule has 2 N–H and O–H groups in total. The quantitative estimate of drug-likeness (QED) is 0.406. The Bertz CT molecular complexity index is 402. The van der Waals surface area contributed by atoms with Crippen LogP contribution >= 0.6 is 51.2 Å². The van der Waals surface area contributed by atoms with E-state index in [0.29, 0.717) is 6.04 Å². The Morgan fingerprint density at radius 2 is 2.11 bits per heavy atom. The van der Waals surface area contributed by atoms with Crippen LogP contribution in [0.2, 0.25) is 0 Å². The molecular formula is C13H21BrIN3S. The van der Waals surface area contributed by atoms with E-state index < -0.39 is 0 Å². The second-order valence-corrected chi connectivity index (χ2v) is 7.16. The van der Waals surface area contributed by atoms with Crippen LogP contribution in [0.25, 0.3) is 0 Å². The number of nitrogens with one attached hydrogen (secondary N) is 2. The van der Waals surface area contributed by atoms with Gasteiger partial charge in [0, 0.05) is 18.0 Å². The minimum absolute atomic E-state index is 0. The molecule has 1 aromatic heterocycles. The Kier molecular flexibility index (Phi) is 8.32. The largest absolute Gasteiger partial charge is 0.354 e. The van der Waals surface area contributed by atoms with Crippen molar-refractivity contribution < 1.29 is 0 Å². The van der Waals surface area contributed by atoms with E-state index in [2.05, 4.69) is 43.7 Å². The Hall–Kier alpha value is 0.180. The summed E-state index contributed by atoms with van der Waals surface area (Å²) in [5.41, 5.74) is 0. The molecule has 0 aliphatic heterocycles. The van der Waals surface area contributed by atoms with Crippen molar-refractivity contribution in [3.8, 4) is 0 Å². The maximum atomic E-state index is 4.29. The van der Waals surface area contributed by atoms with Crippen molar-refractivity contribution in [1.29, 1.82) is 0 Å². The summed E-state index contributed by atoms with van der Waals surface area (Å²) in [5, 5.41) is 6.89. The third-order valence-corrected chi connectivity index (χ3v) is 4.85. The van der Waals surface area contributed by atoms with Gasteiger partial charge in [-0.05, 0) is 40.9 Å². The Balaban J connectivity index is 0.00000180. The lowest BCUT2D eigenvalue weighted by atomic mass is 9.96. The molecule has 0 bridgehead atoms. The third kappa shape index (κ3) is 5.99. The second-order valence-electron chi connectivity index (χ2n) is 4.61. The molecule has 1 aromatic rings. The number of rotatable bonds is 3. The number of hydrogen-bond acceptors (Lipinski definition) is 2. The van der Waals surface area contributed by atoms with Crippen molar-refractivity contribution in [3.05, 3.63) is 20.8 Å². The molecule has 1 heterocycles. The Morgan fingerprint density at radius 3 is 2.68 bits per heavy atom. The van der Waals surface area contributed by atoms with Crippen molar-refractivity contribution in [2.75, 3.05) is 7.05 Å². The lowest BCUT2D eigenvalue weighted by Gasteiger charge is -2.24. The van der Waals surface area contributed by atoms with Crippen molar-refractivity contribution in [2.45, 2.75) is 44.7 Å². The average Bonchev–Trinajstić information content (AvgIpc) is 2.81. The summed E-state index contributed by atoms with van der Waals surface area (Å²) >= 11 is 5.24. The minimum Gasteiger partial charge on any atom is -0.354 e. The summed E-state index contributed by atoms with van der Waals surface area (Å²) in [4.78, 5) is 5.60. The summed E-state index contributed by atoms with van der Waals surface area (Å²) in [6, 6.07) is 4.81. The van der Waals surface area contributed by atoms with Gasteiger partial charge in [-0.15, -0.1) is 35.3 Å². The van der Waals surface area contributed by atoms with Gasteiger partial charge in [-0.3, -0.25) is 4.99 Å². The molecule has 108 valence electrons. The van der Waals surface area contributed by atoms with Gasteiger partial charge in [-0.25, -0.2) is 0 Å². The molecule has 2 rings (SSSR count). The van der Waals surface area contributed by atoms with Gasteiger partial charge in [0.2, 0.25) is 0 Å². The molecular weight excluding hydrogens is 437 g/mol. The van der Waals surface area contributed by atoms with Gasteiger partial charge in [0.1, 0.15) is 0 Å². The zero-order valence-corrected chi connectivity index (χ0v) is 15.8. The number of halogens is 2. The van der Waals surface area contributed by atoms with Crippen LogP contribution in [0, 0.1) is 0 Å². The molecule has 3 nitrogen and oxygen atoms in total. The second kappa shape index (κ2) is 9.18. The van der Waals surface area contributed by atoms with Crippen molar-refractivity contribution in [2.24, 2.45) is 4.99 Å². The number of aliphatic imine (C=N–C) groups is 1. The van der Waals surface area contributed by atoms with Crippen LogP contribution in [0.5, 0.6) is 0 Å². The first-order valence-corrected chi connectivity index (χ1v) is 8.10. The smallest absolute Gasteiger partial charge is 0.191 e. The fraction of sp³-hybridized carbons (Fsp3) is 0.615. The van der Waals surface area contributed by atoms with E-state index in [9.17, 15) is 0 Å². The molecule has 0 unspecified atom stereocenters. The lowest BCUT2D eigenvalue weighted by molar-refractivity contribution is 0.410. The molecule has 0 spiro atoms. The standard InChI is InChI=1S/C13H20BrN3S.HI/c1-15-13(17-10-5-3-2-4-6-10)16-9-11-7-8-12(14)18-11;/h7-8,10H,2-6,9H2,1H3,(H2,15,16,17);1H. The summed E-state index contributed by atoms with van der Waals surface area (Å²) < 4.78 is 1.18. The Morgan fingerprint density at radius 1 is 1.37 bits per heavy atom. The highest BCUT2D eigenvalue weighted by Crippen LogP contribution is 2.21. The average molecular weight is 458 g/mol. The summed E-state index contributed by atoms with van der Waals surface area (Å²) in [6.07, 6.45) is 6.60. The molecule has 1 saturated carbocycles. The molecule has 1 aliphatic carbocycles. The highest BCUT2D eigenvalue weighted by molar-refractivity contribution is 14.0. The molecule has 0 saturated heterocycles. The fourth-order valence-electron chi connectivity index (χ4n) is 2.25. The van der Waals surface area contributed by atoms with Crippen molar-refractivity contribution >= 4 is 57.2 Å². The maximum Gasteiger partial charge on any atom is 0.191 e. The fourth-order valence-corrected chi connectivity index (χ4v) is 3.68. The molecule has 1 aliphatic rings.